The first-order valence-corrected chi connectivity index (χ1v) is 11.2. The van der Waals surface area contributed by atoms with E-state index in [1.54, 1.807) is 24.3 Å². The molecule has 0 saturated carbocycles. The summed E-state index contributed by atoms with van der Waals surface area (Å²) >= 11 is 0. The predicted molar refractivity (Wildman–Crippen MR) is 128 cm³/mol. The van der Waals surface area contributed by atoms with Crippen LogP contribution in [0, 0.1) is 17.5 Å². The Kier molecular flexibility index (Phi) is 7.11. The normalized spacial score (nSPS) is 11.1. The van der Waals surface area contributed by atoms with E-state index in [4.69, 9.17) is 0 Å². The molecule has 4 aromatic rings. The smallest absolute Gasteiger partial charge is 0.206 e. The van der Waals surface area contributed by atoms with Crippen molar-refractivity contribution < 1.29 is 22.0 Å². The van der Waals surface area contributed by atoms with Crippen LogP contribution in [0.3, 0.4) is 0 Å². The molecule has 0 heterocycles. The number of aryl methyl sites for hydroxylation is 1. The minimum absolute atomic E-state index is 0.164. The monoisotopic (exact) mass is 466 g/mol. The molecule has 0 atom stereocenters. The summed E-state index contributed by atoms with van der Waals surface area (Å²) < 4.78 is 69.3. The SMILES string of the molecule is CCCCCc1ccc(-c2ccc(-c3ccc4c(F)c(C=C(F)F)ccc4c3)c(F)c2)c(F)c1. The van der Waals surface area contributed by atoms with Gasteiger partial charge in [0.2, 0.25) is 0 Å². The number of hydrogen-bond acceptors (Lipinski definition) is 0. The van der Waals surface area contributed by atoms with Gasteiger partial charge in [-0.15, -0.1) is 0 Å². The van der Waals surface area contributed by atoms with E-state index >= 15 is 4.39 Å². The van der Waals surface area contributed by atoms with Crippen LogP contribution in [0.15, 0.2) is 72.8 Å². The minimum atomic E-state index is -1.99. The van der Waals surface area contributed by atoms with Crippen LogP contribution >= 0.6 is 0 Å². The Morgan fingerprint density at radius 3 is 2.09 bits per heavy atom. The number of rotatable bonds is 7. The average molecular weight is 466 g/mol. The molecule has 0 aromatic heterocycles. The topological polar surface area (TPSA) is 0 Å². The highest BCUT2D eigenvalue weighted by atomic mass is 19.3. The lowest BCUT2D eigenvalue weighted by Gasteiger charge is -2.11. The summed E-state index contributed by atoms with van der Waals surface area (Å²) in [6, 6.07) is 16.9. The molecule has 34 heavy (non-hydrogen) atoms. The highest BCUT2D eigenvalue weighted by Crippen LogP contribution is 2.33. The molecule has 0 aliphatic rings. The van der Waals surface area contributed by atoms with Crippen molar-refractivity contribution in [2.24, 2.45) is 0 Å². The maximum Gasteiger partial charge on any atom is 0.271 e. The van der Waals surface area contributed by atoms with E-state index in [9.17, 15) is 17.6 Å². The van der Waals surface area contributed by atoms with E-state index in [1.807, 2.05) is 6.07 Å². The molecule has 0 fully saturated rings. The van der Waals surface area contributed by atoms with E-state index in [1.165, 1.54) is 36.4 Å². The molecule has 0 aliphatic heterocycles. The first-order valence-electron chi connectivity index (χ1n) is 11.2. The highest BCUT2D eigenvalue weighted by molar-refractivity contribution is 5.90. The van der Waals surface area contributed by atoms with Gasteiger partial charge in [0.25, 0.3) is 6.08 Å². The van der Waals surface area contributed by atoms with Crippen molar-refractivity contribution >= 4 is 16.8 Å². The maximum absolute atomic E-state index is 15.0. The zero-order valence-corrected chi connectivity index (χ0v) is 18.6. The molecule has 0 N–H and O–H groups in total. The Hall–Kier alpha value is -3.47. The number of unbranched alkanes of at least 4 members (excludes halogenated alkanes) is 2. The van der Waals surface area contributed by atoms with Crippen molar-refractivity contribution in [3.63, 3.8) is 0 Å². The summed E-state index contributed by atoms with van der Waals surface area (Å²) in [4.78, 5) is 0. The summed E-state index contributed by atoms with van der Waals surface area (Å²) in [6.45, 7) is 2.11. The van der Waals surface area contributed by atoms with E-state index in [2.05, 4.69) is 6.92 Å². The quantitative estimate of drug-likeness (QED) is 0.188. The van der Waals surface area contributed by atoms with Gasteiger partial charge in [0.15, 0.2) is 0 Å². The second kappa shape index (κ2) is 10.2. The largest absolute Gasteiger partial charge is 0.271 e. The van der Waals surface area contributed by atoms with Crippen molar-refractivity contribution in [1.82, 2.24) is 0 Å². The van der Waals surface area contributed by atoms with E-state index < -0.39 is 23.5 Å². The van der Waals surface area contributed by atoms with Crippen LogP contribution in [0.4, 0.5) is 22.0 Å². The fourth-order valence-electron chi connectivity index (χ4n) is 4.15. The molecular formula is C29H23F5. The Balaban J connectivity index is 1.64. The van der Waals surface area contributed by atoms with Crippen molar-refractivity contribution in [2.75, 3.05) is 0 Å². The first-order chi connectivity index (χ1) is 16.4. The van der Waals surface area contributed by atoms with Gasteiger partial charge in [0, 0.05) is 28.2 Å². The van der Waals surface area contributed by atoms with Gasteiger partial charge in [-0.05, 0) is 53.1 Å². The zero-order valence-electron chi connectivity index (χ0n) is 18.6. The van der Waals surface area contributed by atoms with Gasteiger partial charge < -0.3 is 0 Å². The van der Waals surface area contributed by atoms with Gasteiger partial charge in [-0.1, -0.05) is 68.3 Å². The highest BCUT2D eigenvalue weighted by Gasteiger charge is 2.13. The lowest BCUT2D eigenvalue weighted by Crippen LogP contribution is -1.92. The molecular weight excluding hydrogens is 443 g/mol. The Morgan fingerprint density at radius 1 is 0.735 bits per heavy atom. The Bertz CT molecular complexity index is 1370. The van der Waals surface area contributed by atoms with Crippen LogP contribution in [0.2, 0.25) is 0 Å². The standard InChI is InChI=1S/C29H23F5/c1-2-3-4-5-18-6-11-23(26(30)14-18)21-9-12-24(27(31)16-21)19-10-13-25-20(15-19)7-8-22(29(25)34)17-28(32)33/h6-17H,2-5H2,1H3. The van der Waals surface area contributed by atoms with Crippen molar-refractivity contribution in [1.29, 1.82) is 0 Å². The summed E-state index contributed by atoms with van der Waals surface area (Å²) in [5.41, 5.74) is 2.24. The van der Waals surface area contributed by atoms with Gasteiger partial charge in [0.05, 0.1) is 0 Å². The molecule has 0 bridgehead atoms. The van der Waals surface area contributed by atoms with E-state index in [-0.39, 0.29) is 16.5 Å². The average Bonchev–Trinajstić information content (AvgIpc) is 2.81. The van der Waals surface area contributed by atoms with Gasteiger partial charge in [-0.3, -0.25) is 0 Å². The summed E-state index contributed by atoms with van der Waals surface area (Å²) in [5.74, 6) is -1.69. The second-order valence-electron chi connectivity index (χ2n) is 8.30. The third-order valence-corrected chi connectivity index (χ3v) is 5.94. The molecule has 174 valence electrons. The molecule has 0 nitrogen and oxygen atoms in total. The zero-order chi connectivity index (χ0) is 24.2. The van der Waals surface area contributed by atoms with Crippen LogP contribution in [-0.4, -0.2) is 0 Å². The van der Waals surface area contributed by atoms with E-state index in [0.717, 1.165) is 31.2 Å². The lowest BCUT2D eigenvalue weighted by atomic mass is 9.96. The Morgan fingerprint density at radius 2 is 1.41 bits per heavy atom. The van der Waals surface area contributed by atoms with Crippen molar-refractivity contribution in [3.8, 4) is 22.3 Å². The van der Waals surface area contributed by atoms with Crippen LogP contribution in [0.25, 0.3) is 39.1 Å². The summed E-state index contributed by atoms with van der Waals surface area (Å²) in [5, 5.41) is 0.622. The second-order valence-corrected chi connectivity index (χ2v) is 8.30. The van der Waals surface area contributed by atoms with E-state index in [0.29, 0.717) is 28.2 Å². The summed E-state index contributed by atoms with van der Waals surface area (Å²) in [6.07, 6.45) is 2.47. The van der Waals surface area contributed by atoms with Gasteiger partial charge in [-0.2, -0.15) is 8.78 Å². The van der Waals surface area contributed by atoms with Gasteiger partial charge in [0.1, 0.15) is 17.5 Å². The lowest BCUT2D eigenvalue weighted by molar-refractivity contribution is 0.429. The number of fused-ring (bicyclic) bond motifs is 1. The molecule has 0 spiro atoms. The number of benzene rings is 4. The molecule has 0 unspecified atom stereocenters. The molecule has 4 rings (SSSR count). The Labute approximate surface area is 195 Å². The number of halogens is 5. The first kappa shape index (κ1) is 23.7. The molecule has 0 saturated heterocycles. The van der Waals surface area contributed by atoms with Crippen LogP contribution < -0.4 is 0 Å². The van der Waals surface area contributed by atoms with Crippen LogP contribution in [0.1, 0.15) is 37.3 Å². The van der Waals surface area contributed by atoms with Gasteiger partial charge in [-0.25, -0.2) is 13.2 Å². The van der Waals surface area contributed by atoms with Gasteiger partial charge >= 0.3 is 0 Å². The molecule has 0 amide bonds. The molecule has 4 aromatic carbocycles. The van der Waals surface area contributed by atoms with Crippen molar-refractivity contribution in [3.05, 3.63) is 101 Å². The summed E-state index contributed by atoms with van der Waals surface area (Å²) in [7, 11) is 0. The third-order valence-electron chi connectivity index (χ3n) is 5.94. The van der Waals surface area contributed by atoms with Crippen LogP contribution in [0.5, 0.6) is 0 Å². The van der Waals surface area contributed by atoms with Crippen molar-refractivity contribution in [2.45, 2.75) is 32.6 Å². The maximum atomic E-state index is 15.0. The fourth-order valence-corrected chi connectivity index (χ4v) is 4.15. The fraction of sp³-hybridized carbons (Fsp3) is 0.172. The molecule has 0 aliphatic carbocycles. The minimum Gasteiger partial charge on any atom is -0.206 e. The molecule has 0 radical (unpaired) electrons. The molecule has 5 heteroatoms. The number of hydrogen-bond donors (Lipinski definition) is 0. The predicted octanol–water partition coefficient (Wildman–Crippen LogP) is 9.56. The van der Waals surface area contributed by atoms with Crippen LogP contribution in [-0.2, 0) is 6.42 Å². The third kappa shape index (κ3) is 5.04.